The smallest absolute Gasteiger partial charge is 0.438 e. The molecule has 27 heavy (non-hydrogen) atoms. The van der Waals surface area contributed by atoms with Gasteiger partial charge in [-0.15, -0.1) is 0 Å². The van der Waals surface area contributed by atoms with E-state index in [0.29, 0.717) is 10.8 Å². The van der Waals surface area contributed by atoms with E-state index < -0.39 is 30.0 Å². The maximum Gasteiger partial charge on any atom is 0.438 e. The number of aliphatic hydroxyl groups is 1. The number of hydrogen-bond acceptors (Lipinski definition) is 5. The third-order valence-electron chi connectivity index (χ3n) is 3.84. The number of rotatable bonds is 4. The first-order valence-corrected chi connectivity index (χ1v) is 8.13. The Balaban J connectivity index is 1.73. The number of ether oxygens (including phenoxy) is 1. The lowest BCUT2D eigenvalue weighted by atomic mass is 10.1. The molecule has 1 aromatic heterocycles. The fraction of sp³-hybridized carbons (Fsp3) is 0.294. The number of alkyl halides is 3. The van der Waals surface area contributed by atoms with Crippen molar-refractivity contribution in [3.05, 3.63) is 52.9 Å². The average Bonchev–Trinajstić information content (AvgIpc) is 3.18. The molecule has 2 aromatic rings. The lowest BCUT2D eigenvalue weighted by molar-refractivity contribution is -0.297. The molecular formula is C17H14ClF3N2O4. The van der Waals surface area contributed by atoms with Crippen LogP contribution in [0.2, 0.25) is 5.02 Å². The van der Waals surface area contributed by atoms with Crippen molar-refractivity contribution in [2.75, 3.05) is 0 Å². The van der Waals surface area contributed by atoms with Crippen molar-refractivity contribution in [1.82, 2.24) is 5.01 Å². The minimum Gasteiger partial charge on any atom is -0.486 e. The molecule has 0 radical (unpaired) electrons. The highest BCUT2D eigenvalue weighted by Crippen LogP contribution is 2.40. The van der Waals surface area contributed by atoms with Crippen LogP contribution in [0, 0.1) is 0 Å². The van der Waals surface area contributed by atoms with Gasteiger partial charge in [0, 0.05) is 17.2 Å². The van der Waals surface area contributed by atoms with Crippen molar-refractivity contribution in [2.45, 2.75) is 31.9 Å². The molecule has 1 N–H and O–H groups in total. The zero-order chi connectivity index (χ0) is 19.8. The Morgan fingerprint density at radius 3 is 2.63 bits per heavy atom. The Morgan fingerprint density at radius 2 is 2.00 bits per heavy atom. The van der Waals surface area contributed by atoms with Gasteiger partial charge in [0.2, 0.25) is 0 Å². The Labute approximate surface area is 156 Å². The van der Waals surface area contributed by atoms with Gasteiger partial charge >= 0.3 is 12.1 Å². The van der Waals surface area contributed by atoms with Crippen molar-refractivity contribution in [3.63, 3.8) is 0 Å². The van der Waals surface area contributed by atoms with E-state index in [1.165, 1.54) is 19.1 Å². The van der Waals surface area contributed by atoms with E-state index in [9.17, 15) is 23.1 Å². The largest absolute Gasteiger partial charge is 0.486 e. The maximum atomic E-state index is 13.2. The SMILES string of the molecule is CC1=NN(C(=O)c2ccc(COc3ccc(Cl)cc3)o2)C(O)(C(F)(F)F)C1. The van der Waals surface area contributed by atoms with Crippen molar-refractivity contribution in [3.8, 4) is 5.75 Å². The fourth-order valence-electron chi connectivity index (χ4n) is 2.51. The predicted octanol–water partition coefficient (Wildman–Crippen LogP) is 3.98. The van der Waals surface area contributed by atoms with Gasteiger partial charge in [0.25, 0.3) is 5.72 Å². The molecule has 1 aliphatic rings. The standard InChI is InChI=1S/C17H14ClF3N2O4/c1-10-8-16(25,17(19,20)21)23(22-10)15(24)14-7-6-13(27-14)9-26-12-4-2-11(18)3-5-12/h2-7,25H,8-9H2,1H3. The number of hydrogen-bond donors (Lipinski definition) is 1. The summed E-state index contributed by atoms with van der Waals surface area (Å²) in [6.07, 6.45) is -5.90. The van der Waals surface area contributed by atoms with Crippen LogP contribution < -0.4 is 4.74 Å². The van der Waals surface area contributed by atoms with Gasteiger partial charge in [-0.2, -0.15) is 23.3 Å². The molecule has 3 rings (SSSR count). The topological polar surface area (TPSA) is 75.3 Å². The number of amides is 1. The number of carbonyl (C=O) groups is 1. The summed E-state index contributed by atoms with van der Waals surface area (Å²) in [5.41, 5.74) is -3.43. The summed E-state index contributed by atoms with van der Waals surface area (Å²) >= 11 is 5.77. The third kappa shape index (κ3) is 3.79. The first-order valence-electron chi connectivity index (χ1n) is 7.75. The number of benzene rings is 1. The molecule has 0 aliphatic carbocycles. The zero-order valence-electron chi connectivity index (χ0n) is 14.0. The van der Waals surface area contributed by atoms with Gasteiger partial charge in [-0.1, -0.05) is 11.6 Å². The van der Waals surface area contributed by atoms with Gasteiger partial charge in [-0.3, -0.25) is 4.79 Å². The summed E-state index contributed by atoms with van der Waals surface area (Å²) in [7, 11) is 0. The van der Waals surface area contributed by atoms with E-state index in [2.05, 4.69) is 5.10 Å². The van der Waals surface area contributed by atoms with Gasteiger partial charge in [-0.05, 0) is 43.3 Å². The average molecular weight is 403 g/mol. The minimum absolute atomic E-state index is 0.00496. The van der Waals surface area contributed by atoms with Crippen LogP contribution in [-0.2, 0) is 6.61 Å². The van der Waals surface area contributed by atoms with Gasteiger partial charge in [0.05, 0.1) is 0 Å². The Bertz CT molecular complexity index is 879. The number of hydrazone groups is 1. The van der Waals surface area contributed by atoms with Crippen LogP contribution in [0.15, 0.2) is 45.9 Å². The minimum atomic E-state index is -5.07. The van der Waals surface area contributed by atoms with Gasteiger partial charge in [0.1, 0.15) is 18.1 Å². The molecule has 0 saturated carbocycles. The van der Waals surface area contributed by atoms with Crippen LogP contribution >= 0.6 is 11.6 Å². The van der Waals surface area contributed by atoms with Crippen LogP contribution in [0.1, 0.15) is 29.7 Å². The molecule has 0 fully saturated rings. The summed E-state index contributed by atoms with van der Waals surface area (Å²) in [5, 5.41) is 14.0. The van der Waals surface area contributed by atoms with Crippen molar-refractivity contribution >= 4 is 23.2 Å². The molecule has 6 nitrogen and oxygen atoms in total. The molecule has 1 aromatic carbocycles. The third-order valence-corrected chi connectivity index (χ3v) is 4.09. The molecule has 0 bridgehead atoms. The Kier molecular flexibility index (Phi) is 4.92. The summed E-state index contributed by atoms with van der Waals surface area (Å²) in [5.74, 6) is -0.895. The predicted molar refractivity (Wildman–Crippen MR) is 89.4 cm³/mol. The molecule has 1 aliphatic heterocycles. The van der Waals surface area contributed by atoms with Gasteiger partial charge in [-0.25, -0.2) is 0 Å². The van der Waals surface area contributed by atoms with Crippen molar-refractivity contribution < 1.29 is 32.2 Å². The van der Waals surface area contributed by atoms with E-state index in [0.717, 1.165) is 0 Å². The van der Waals surface area contributed by atoms with E-state index in [1.807, 2.05) is 0 Å². The van der Waals surface area contributed by atoms with Crippen LogP contribution in [0.25, 0.3) is 0 Å². The van der Waals surface area contributed by atoms with Gasteiger partial charge < -0.3 is 14.3 Å². The molecule has 1 amide bonds. The van der Waals surface area contributed by atoms with Crippen molar-refractivity contribution in [2.24, 2.45) is 5.10 Å². The fourth-order valence-corrected chi connectivity index (χ4v) is 2.64. The molecular weight excluding hydrogens is 389 g/mol. The van der Waals surface area contributed by atoms with E-state index in [-0.39, 0.29) is 23.1 Å². The highest BCUT2D eigenvalue weighted by molar-refractivity contribution is 6.30. The second-order valence-corrected chi connectivity index (χ2v) is 6.39. The van der Waals surface area contributed by atoms with E-state index in [1.54, 1.807) is 24.3 Å². The molecule has 144 valence electrons. The molecule has 0 spiro atoms. The van der Waals surface area contributed by atoms with Crippen LogP contribution in [0.5, 0.6) is 5.75 Å². The lowest BCUT2D eigenvalue weighted by Gasteiger charge is -2.32. The molecule has 2 heterocycles. The number of furan rings is 1. The Morgan fingerprint density at radius 1 is 1.33 bits per heavy atom. The Hall–Kier alpha value is -2.52. The van der Waals surface area contributed by atoms with E-state index >= 15 is 0 Å². The summed E-state index contributed by atoms with van der Waals surface area (Å²) in [4.78, 5) is 12.4. The lowest BCUT2D eigenvalue weighted by Crippen LogP contribution is -2.56. The first kappa shape index (κ1) is 19.2. The number of nitrogens with zero attached hydrogens (tertiary/aromatic N) is 2. The molecule has 1 unspecified atom stereocenters. The summed E-state index contributed by atoms with van der Waals surface area (Å²) in [6, 6.07) is 9.09. The first-order chi connectivity index (χ1) is 12.6. The number of carbonyl (C=O) groups excluding carboxylic acids is 1. The highest BCUT2D eigenvalue weighted by Gasteiger charge is 2.63. The second kappa shape index (κ2) is 6.90. The van der Waals surface area contributed by atoms with E-state index in [4.69, 9.17) is 20.8 Å². The summed E-state index contributed by atoms with van der Waals surface area (Å²) < 4.78 is 50.3. The van der Waals surface area contributed by atoms with Crippen molar-refractivity contribution in [1.29, 1.82) is 0 Å². The normalized spacial score (nSPS) is 19.9. The molecule has 0 saturated heterocycles. The number of halogens is 4. The molecule has 1 atom stereocenters. The van der Waals surface area contributed by atoms with Gasteiger partial charge in [0.15, 0.2) is 5.76 Å². The maximum absolute atomic E-state index is 13.2. The van der Waals surface area contributed by atoms with Crippen LogP contribution in [-0.4, -0.2) is 33.6 Å². The molecule has 10 heteroatoms. The monoisotopic (exact) mass is 402 g/mol. The highest BCUT2D eigenvalue weighted by atomic mass is 35.5. The quantitative estimate of drug-likeness (QED) is 0.839. The zero-order valence-corrected chi connectivity index (χ0v) is 14.7. The van der Waals surface area contributed by atoms with Crippen LogP contribution in [0.3, 0.4) is 0 Å². The summed E-state index contributed by atoms with van der Waals surface area (Å²) in [6.45, 7) is 1.23. The second-order valence-electron chi connectivity index (χ2n) is 5.95. The van der Waals surface area contributed by atoms with Crippen LogP contribution in [0.4, 0.5) is 13.2 Å².